The minimum absolute atomic E-state index is 0. The second-order valence-electron chi connectivity index (χ2n) is 0.630. The number of hydrogen-bond donors (Lipinski definition) is 1. The van der Waals surface area contributed by atoms with Crippen molar-refractivity contribution >= 4 is 67.8 Å². The average molecular weight is 163 g/mol. The normalized spacial score (nSPS) is 8.62. The Morgan fingerprint density at radius 1 is 1.50 bits per heavy atom. The first-order chi connectivity index (χ1) is 3.06. The average Bonchev–Trinajstić information content (AvgIpc) is 1.30. The molecule has 0 aromatic carbocycles. The van der Waals surface area contributed by atoms with Gasteiger partial charge in [-0.1, -0.05) is 4.40 Å². The molecule has 0 aromatic rings. The quantitative estimate of drug-likeness (QED) is 0.220. The molecule has 0 saturated carbocycles. The van der Waals surface area contributed by atoms with Gasteiger partial charge in [-0.05, 0) is 0 Å². The maximum atomic E-state index is 9.36. The van der Waals surface area contributed by atoms with Gasteiger partial charge in [0.15, 0.2) is 0 Å². The van der Waals surface area contributed by atoms with Crippen molar-refractivity contribution in [2.45, 2.75) is 0 Å². The molecule has 0 bridgehead atoms. The van der Waals surface area contributed by atoms with Gasteiger partial charge in [0, 0.05) is 0 Å². The van der Waals surface area contributed by atoms with E-state index in [1.54, 1.807) is 0 Å². The third-order valence-electron chi connectivity index (χ3n) is 0.153. The molecule has 5 nitrogen and oxygen atoms in total. The van der Waals surface area contributed by atoms with Crippen molar-refractivity contribution < 1.29 is 17.8 Å². The predicted molar refractivity (Wildman–Crippen MR) is 26.8 cm³/mol. The summed E-state index contributed by atoms with van der Waals surface area (Å²) in [7, 11) is -4.47. The van der Waals surface area contributed by atoms with E-state index >= 15 is 0 Å². The standard InChI is InChI=1S/CHNO4S.K.H/c3-1-2-7(4,5)6;;/h(H,4,5,6);;. The Bertz CT molecular complexity index is 188. The van der Waals surface area contributed by atoms with Crippen LogP contribution in [0.4, 0.5) is 0 Å². The Balaban J connectivity index is 0. The van der Waals surface area contributed by atoms with Gasteiger partial charge < -0.3 is 0 Å². The Morgan fingerprint density at radius 2 is 1.88 bits per heavy atom. The Labute approximate surface area is 88.5 Å². The van der Waals surface area contributed by atoms with Crippen LogP contribution in [0.5, 0.6) is 0 Å². The minimum atomic E-state index is -4.47. The zero-order valence-corrected chi connectivity index (χ0v) is 3.84. The van der Waals surface area contributed by atoms with Crippen molar-refractivity contribution in [3.05, 3.63) is 0 Å². The van der Waals surface area contributed by atoms with Crippen molar-refractivity contribution in [2.24, 2.45) is 4.40 Å². The summed E-state index contributed by atoms with van der Waals surface area (Å²) in [5, 5.41) is 0. The van der Waals surface area contributed by atoms with Gasteiger partial charge in [0.2, 0.25) is 0 Å². The molecule has 8 heavy (non-hydrogen) atoms. The number of isocyanates is 1. The molecule has 0 heterocycles. The first kappa shape index (κ1) is 11.7. The van der Waals surface area contributed by atoms with E-state index in [2.05, 4.69) is 0 Å². The van der Waals surface area contributed by atoms with Crippen LogP contribution in [0.3, 0.4) is 0 Å². The van der Waals surface area contributed by atoms with Gasteiger partial charge in [-0.25, -0.2) is 4.79 Å². The molecule has 0 amide bonds. The molecule has 42 valence electrons. The summed E-state index contributed by atoms with van der Waals surface area (Å²) in [5.74, 6) is 0. The van der Waals surface area contributed by atoms with Gasteiger partial charge >= 0.3 is 61.7 Å². The van der Waals surface area contributed by atoms with Crippen molar-refractivity contribution in [1.82, 2.24) is 0 Å². The molecule has 0 fully saturated rings. The second-order valence-corrected chi connectivity index (χ2v) is 1.71. The van der Waals surface area contributed by atoms with Gasteiger partial charge in [0.1, 0.15) is 0 Å². The summed E-state index contributed by atoms with van der Waals surface area (Å²) in [6.45, 7) is 0. The number of rotatable bonds is 1. The molecule has 0 aliphatic rings. The van der Waals surface area contributed by atoms with E-state index in [0.717, 1.165) is 0 Å². The number of hydrogen-bond acceptors (Lipinski definition) is 3. The summed E-state index contributed by atoms with van der Waals surface area (Å²) in [6.07, 6.45) is 0.645. The molecule has 0 unspecified atom stereocenters. The van der Waals surface area contributed by atoms with Gasteiger partial charge in [0.25, 0.3) is 6.08 Å². The predicted octanol–water partition coefficient (Wildman–Crippen LogP) is -1.52. The topological polar surface area (TPSA) is 83.8 Å². The second kappa shape index (κ2) is 4.77. The molecular weight excluding hydrogens is 161 g/mol. The Kier molecular flexibility index (Phi) is 6.97. The van der Waals surface area contributed by atoms with Crippen molar-refractivity contribution in [3.63, 3.8) is 0 Å². The monoisotopic (exact) mass is 163 g/mol. The number of nitrogens with zero attached hydrogens (tertiary/aromatic N) is 1. The summed E-state index contributed by atoms with van der Waals surface area (Å²) >= 11 is 0. The van der Waals surface area contributed by atoms with Crippen LogP contribution in [-0.4, -0.2) is 70.4 Å². The molecule has 7 heteroatoms. The van der Waals surface area contributed by atoms with Crippen molar-refractivity contribution in [2.75, 3.05) is 0 Å². The van der Waals surface area contributed by atoms with Gasteiger partial charge in [-0.3, -0.25) is 4.55 Å². The van der Waals surface area contributed by atoms with Crippen LogP contribution >= 0.6 is 0 Å². The van der Waals surface area contributed by atoms with E-state index < -0.39 is 10.3 Å². The van der Waals surface area contributed by atoms with Crippen LogP contribution in [0.1, 0.15) is 0 Å². The van der Waals surface area contributed by atoms with E-state index in [0.29, 0.717) is 6.08 Å². The summed E-state index contributed by atoms with van der Waals surface area (Å²) < 4.78 is 28.3. The van der Waals surface area contributed by atoms with Crippen LogP contribution in [0.25, 0.3) is 0 Å². The number of carbonyl (C=O) groups excluding carboxylic acids is 1. The van der Waals surface area contributed by atoms with E-state index in [1.807, 2.05) is 4.40 Å². The fraction of sp³-hybridized carbons (Fsp3) is 0. The van der Waals surface area contributed by atoms with Crippen LogP contribution in [0.2, 0.25) is 0 Å². The maximum absolute atomic E-state index is 9.36. The van der Waals surface area contributed by atoms with E-state index in [-0.39, 0.29) is 51.4 Å². The molecule has 0 spiro atoms. The molecular formula is CH2KNO4S. The first-order valence-corrected chi connectivity index (χ1v) is 2.52. The molecule has 0 aromatic heterocycles. The molecule has 0 aliphatic carbocycles. The van der Waals surface area contributed by atoms with Gasteiger partial charge in [-0.15, -0.1) is 0 Å². The molecule has 0 rings (SSSR count). The SMILES string of the molecule is O=C=NS(=O)(=O)O.[KH]. The van der Waals surface area contributed by atoms with Gasteiger partial charge in [0.05, 0.1) is 0 Å². The van der Waals surface area contributed by atoms with Crippen molar-refractivity contribution in [3.8, 4) is 0 Å². The van der Waals surface area contributed by atoms with Crippen LogP contribution in [0, 0.1) is 0 Å². The fourth-order valence-electron chi connectivity index (χ4n) is 0.0471. The van der Waals surface area contributed by atoms with E-state index in [9.17, 15) is 8.42 Å². The van der Waals surface area contributed by atoms with Crippen LogP contribution < -0.4 is 0 Å². The summed E-state index contributed by atoms with van der Waals surface area (Å²) in [6, 6.07) is 0. The van der Waals surface area contributed by atoms with Gasteiger partial charge in [-0.2, -0.15) is 8.42 Å². The van der Waals surface area contributed by atoms with E-state index in [1.165, 1.54) is 0 Å². The zero-order chi connectivity index (χ0) is 5.91. The summed E-state index contributed by atoms with van der Waals surface area (Å²) in [4.78, 5) is 8.99. The third kappa shape index (κ3) is 10.0. The van der Waals surface area contributed by atoms with Crippen LogP contribution in [-0.2, 0) is 15.1 Å². The van der Waals surface area contributed by atoms with Crippen molar-refractivity contribution in [1.29, 1.82) is 0 Å². The molecule has 0 atom stereocenters. The molecule has 0 saturated heterocycles. The van der Waals surface area contributed by atoms with E-state index in [4.69, 9.17) is 9.35 Å². The molecule has 0 radical (unpaired) electrons. The molecule has 1 N–H and O–H groups in total. The summed E-state index contributed by atoms with van der Waals surface area (Å²) in [5.41, 5.74) is 0. The Hall–Kier alpha value is 0.926. The first-order valence-electron chi connectivity index (χ1n) is 1.13. The third-order valence-corrected chi connectivity index (χ3v) is 0.458. The fourth-order valence-corrected chi connectivity index (χ4v) is 0.141. The molecule has 0 aliphatic heterocycles. The van der Waals surface area contributed by atoms with Crippen LogP contribution in [0.15, 0.2) is 4.40 Å². The zero-order valence-electron chi connectivity index (χ0n) is 3.03. The Morgan fingerprint density at radius 3 is 1.88 bits per heavy atom.